The van der Waals surface area contributed by atoms with Crippen molar-refractivity contribution in [3.63, 3.8) is 0 Å². The van der Waals surface area contributed by atoms with E-state index in [-0.39, 0.29) is 17.5 Å². The number of amides is 2. The lowest BCUT2D eigenvalue weighted by Crippen LogP contribution is -2.44. The number of primary sulfonamides is 1. The van der Waals surface area contributed by atoms with Crippen LogP contribution in [0.1, 0.15) is 11.1 Å². The number of nitrogens with zero attached hydrogens (tertiary/aromatic N) is 3. The van der Waals surface area contributed by atoms with Crippen molar-refractivity contribution in [3.05, 3.63) is 53.7 Å². The molecule has 156 valence electrons. The minimum Gasteiger partial charge on any atom is -0.354 e. The maximum Gasteiger partial charge on any atom is 0.315 e. The van der Waals surface area contributed by atoms with Gasteiger partial charge in [-0.25, -0.2) is 23.3 Å². The average Bonchev–Trinajstić information content (AvgIpc) is 2.71. The molecule has 10 heteroatoms. The number of nitrogens with one attached hydrogen (secondary N) is 2. The minimum atomic E-state index is -3.71. The highest BCUT2D eigenvalue weighted by atomic mass is 32.2. The molecule has 0 aliphatic carbocycles. The van der Waals surface area contributed by atoms with Gasteiger partial charge in [-0.3, -0.25) is 0 Å². The molecule has 0 unspecified atom stereocenters. The SMILES string of the molecule is CN1CCN(c2ccc(CNC(=O)NCc3ccc(S(N)(=O)=O)cc3)cn2)CC1. The van der Waals surface area contributed by atoms with Crippen molar-refractivity contribution in [2.75, 3.05) is 38.1 Å². The van der Waals surface area contributed by atoms with Crippen molar-refractivity contribution in [2.24, 2.45) is 5.14 Å². The molecule has 0 saturated carbocycles. The van der Waals surface area contributed by atoms with Crippen LogP contribution in [0, 0.1) is 0 Å². The van der Waals surface area contributed by atoms with Crippen LogP contribution in [-0.4, -0.2) is 57.6 Å². The number of piperazine rings is 1. The van der Waals surface area contributed by atoms with Crippen LogP contribution in [0.5, 0.6) is 0 Å². The third kappa shape index (κ3) is 6.14. The molecule has 0 spiro atoms. The monoisotopic (exact) mass is 418 g/mol. The van der Waals surface area contributed by atoms with Crippen molar-refractivity contribution in [1.82, 2.24) is 20.5 Å². The Morgan fingerprint density at radius 2 is 1.59 bits per heavy atom. The molecule has 0 atom stereocenters. The highest BCUT2D eigenvalue weighted by molar-refractivity contribution is 7.89. The number of hydrogen-bond donors (Lipinski definition) is 3. The summed E-state index contributed by atoms with van der Waals surface area (Å²) in [5, 5.41) is 10.6. The number of carbonyl (C=O) groups is 1. The van der Waals surface area contributed by atoms with Crippen LogP contribution < -0.4 is 20.7 Å². The Balaban J connectivity index is 1.43. The molecule has 9 nitrogen and oxygen atoms in total. The summed E-state index contributed by atoms with van der Waals surface area (Å²) in [7, 11) is -1.60. The van der Waals surface area contributed by atoms with E-state index < -0.39 is 10.0 Å². The van der Waals surface area contributed by atoms with Crippen LogP contribution in [0.3, 0.4) is 0 Å². The molecule has 2 amide bonds. The maximum absolute atomic E-state index is 12.0. The zero-order valence-corrected chi connectivity index (χ0v) is 17.2. The van der Waals surface area contributed by atoms with Crippen LogP contribution >= 0.6 is 0 Å². The predicted octanol–water partition coefficient (Wildman–Crippen LogP) is 0.480. The van der Waals surface area contributed by atoms with E-state index >= 15 is 0 Å². The lowest BCUT2D eigenvalue weighted by atomic mass is 10.2. The second-order valence-electron chi connectivity index (χ2n) is 7.04. The molecule has 2 aromatic rings. The van der Waals surface area contributed by atoms with E-state index in [1.54, 1.807) is 18.3 Å². The minimum absolute atomic E-state index is 0.0400. The van der Waals surface area contributed by atoms with E-state index in [4.69, 9.17) is 5.14 Å². The van der Waals surface area contributed by atoms with Gasteiger partial charge in [0.2, 0.25) is 10.0 Å². The molecule has 1 aliphatic heterocycles. The number of hydrogen-bond acceptors (Lipinski definition) is 6. The Morgan fingerprint density at radius 1 is 1.00 bits per heavy atom. The fraction of sp³-hybridized carbons (Fsp3) is 0.368. The van der Waals surface area contributed by atoms with Crippen molar-refractivity contribution >= 4 is 21.9 Å². The van der Waals surface area contributed by atoms with Gasteiger partial charge in [0.15, 0.2) is 0 Å². The number of rotatable bonds is 6. The molecule has 0 bridgehead atoms. The molecule has 1 saturated heterocycles. The van der Waals surface area contributed by atoms with Gasteiger partial charge in [0.05, 0.1) is 4.90 Å². The van der Waals surface area contributed by atoms with E-state index in [0.29, 0.717) is 6.54 Å². The summed E-state index contributed by atoms with van der Waals surface area (Å²) in [4.78, 5) is 21.1. The second kappa shape index (κ2) is 9.21. The predicted molar refractivity (Wildman–Crippen MR) is 111 cm³/mol. The van der Waals surface area contributed by atoms with Crippen LogP contribution in [0.2, 0.25) is 0 Å². The van der Waals surface area contributed by atoms with Crippen LogP contribution in [0.25, 0.3) is 0 Å². The summed E-state index contributed by atoms with van der Waals surface area (Å²) in [6.45, 7) is 4.61. The first-order valence-corrected chi connectivity index (χ1v) is 10.9. The summed E-state index contributed by atoms with van der Waals surface area (Å²) < 4.78 is 22.5. The number of carbonyl (C=O) groups excluding carboxylic acids is 1. The van der Waals surface area contributed by atoms with Gasteiger partial charge in [-0.05, 0) is 36.4 Å². The third-order valence-electron chi connectivity index (χ3n) is 4.79. The summed E-state index contributed by atoms with van der Waals surface area (Å²) in [6.07, 6.45) is 1.78. The number of benzene rings is 1. The topological polar surface area (TPSA) is 121 Å². The van der Waals surface area contributed by atoms with Crippen molar-refractivity contribution in [1.29, 1.82) is 0 Å². The number of urea groups is 1. The van der Waals surface area contributed by atoms with Crippen molar-refractivity contribution in [3.8, 4) is 0 Å². The number of anilines is 1. The molecule has 1 aromatic carbocycles. The lowest BCUT2D eigenvalue weighted by molar-refractivity contribution is 0.240. The number of sulfonamides is 1. The maximum atomic E-state index is 12.0. The summed E-state index contributed by atoms with van der Waals surface area (Å²) in [5.74, 6) is 0.953. The largest absolute Gasteiger partial charge is 0.354 e. The number of nitrogens with two attached hydrogens (primary N) is 1. The summed E-state index contributed by atoms with van der Waals surface area (Å²) >= 11 is 0. The fourth-order valence-electron chi connectivity index (χ4n) is 2.97. The molecule has 2 heterocycles. The summed E-state index contributed by atoms with van der Waals surface area (Å²) in [5.41, 5.74) is 1.68. The standard InChI is InChI=1S/C19H26N6O3S/c1-24-8-10-25(11-9-24)18-7-4-16(13-21-18)14-23-19(26)22-12-15-2-5-17(6-3-15)29(20,27)28/h2-7,13H,8-12,14H2,1H3,(H2,20,27,28)(H2,22,23,26). The molecule has 29 heavy (non-hydrogen) atoms. The molecule has 0 radical (unpaired) electrons. The Bertz CT molecular complexity index is 923. The van der Waals surface area contributed by atoms with Crippen LogP contribution in [-0.2, 0) is 23.1 Å². The Hall–Kier alpha value is -2.69. The van der Waals surface area contributed by atoms with Gasteiger partial charge in [-0.1, -0.05) is 18.2 Å². The third-order valence-corrected chi connectivity index (χ3v) is 5.72. The van der Waals surface area contributed by atoms with Gasteiger partial charge >= 0.3 is 6.03 Å². The van der Waals surface area contributed by atoms with E-state index in [9.17, 15) is 13.2 Å². The molecular formula is C19H26N6O3S. The normalized spacial score (nSPS) is 15.2. The molecule has 1 aromatic heterocycles. The summed E-state index contributed by atoms with van der Waals surface area (Å²) in [6, 6.07) is 9.68. The van der Waals surface area contributed by atoms with Gasteiger partial charge in [0.25, 0.3) is 0 Å². The van der Waals surface area contributed by atoms with E-state index in [2.05, 4.69) is 32.5 Å². The van der Waals surface area contributed by atoms with Crippen molar-refractivity contribution < 1.29 is 13.2 Å². The van der Waals surface area contributed by atoms with Crippen molar-refractivity contribution in [2.45, 2.75) is 18.0 Å². The first kappa shape index (κ1) is 21.0. The quantitative estimate of drug-likeness (QED) is 0.628. The fourth-order valence-corrected chi connectivity index (χ4v) is 3.48. The average molecular weight is 419 g/mol. The number of pyridine rings is 1. The zero-order valence-electron chi connectivity index (χ0n) is 16.3. The smallest absolute Gasteiger partial charge is 0.315 e. The lowest BCUT2D eigenvalue weighted by Gasteiger charge is -2.33. The molecular weight excluding hydrogens is 392 g/mol. The first-order chi connectivity index (χ1) is 13.8. The van der Waals surface area contributed by atoms with Gasteiger partial charge < -0.3 is 20.4 Å². The van der Waals surface area contributed by atoms with E-state index in [1.165, 1.54) is 12.1 Å². The van der Waals surface area contributed by atoms with Gasteiger partial charge in [0.1, 0.15) is 5.82 Å². The zero-order chi connectivity index (χ0) is 20.9. The van der Waals surface area contributed by atoms with Crippen LogP contribution in [0.4, 0.5) is 10.6 Å². The molecule has 1 aliphatic rings. The van der Waals surface area contributed by atoms with E-state index in [0.717, 1.165) is 43.1 Å². The Kier molecular flexibility index (Phi) is 6.68. The second-order valence-corrected chi connectivity index (χ2v) is 8.60. The highest BCUT2D eigenvalue weighted by Crippen LogP contribution is 2.13. The molecule has 1 fully saturated rings. The van der Waals surface area contributed by atoms with Gasteiger partial charge in [-0.15, -0.1) is 0 Å². The van der Waals surface area contributed by atoms with Gasteiger partial charge in [-0.2, -0.15) is 0 Å². The molecule has 3 rings (SSSR count). The van der Waals surface area contributed by atoms with Gasteiger partial charge in [0, 0.05) is 45.5 Å². The Labute approximate surface area is 171 Å². The van der Waals surface area contributed by atoms with E-state index in [1.807, 2.05) is 12.1 Å². The highest BCUT2D eigenvalue weighted by Gasteiger charge is 2.15. The number of aromatic nitrogens is 1. The first-order valence-electron chi connectivity index (χ1n) is 9.33. The van der Waals surface area contributed by atoms with Crippen LogP contribution in [0.15, 0.2) is 47.5 Å². The molecule has 4 N–H and O–H groups in total. The number of likely N-dealkylation sites (N-methyl/N-ethyl adjacent to an activating group) is 1. The Morgan fingerprint density at radius 3 is 2.14 bits per heavy atom.